The van der Waals surface area contributed by atoms with Gasteiger partial charge in [-0.2, -0.15) is 0 Å². The van der Waals surface area contributed by atoms with E-state index in [1.165, 1.54) is 17.2 Å². The molecule has 0 N–H and O–H groups in total. The van der Waals surface area contributed by atoms with Crippen LogP contribution in [0.3, 0.4) is 0 Å². The Morgan fingerprint density at radius 2 is 1.78 bits per heavy atom. The summed E-state index contributed by atoms with van der Waals surface area (Å²) in [5.41, 5.74) is -0.774. The third kappa shape index (κ3) is 7.21. The Bertz CT molecular complexity index is 1170. The van der Waals surface area contributed by atoms with Gasteiger partial charge in [0, 0.05) is 36.3 Å². The smallest absolute Gasteiger partial charge is 0.411 e. The van der Waals surface area contributed by atoms with Gasteiger partial charge in [-0.3, -0.25) is 9.88 Å². The lowest BCUT2D eigenvalue weighted by Gasteiger charge is -2.37. The number of amides is 1. The predicted octanol–water partition coefficient (Wildman–Crippen LogP) is 7.05. The quantitative estimate of drug-likeness (QED) is 0.243. The number of ether oxygens (including phenoxy) is 1. The highest BCUT2D eigenvalue weighted by Crippen LogP contribution is 2.37. The number of hydrogen-bond donors (Lipinski definition) is 0. The van der Waals surface area contributed by atoms with Crippen molar-refractivity contribution < 1.29 is 22.4 Å². The maximum absolute atomic E-state index is 14.0. The van der Waals surface area contributed by atoms with E-state index in [2.05, 4.69) is 38.8 Å². The summed E-state index contributed by atoms with van der Waals surface area (Å²) in [4.78, 5) is 18.8. The fourth-order valence-corrected chi connectivity index (χ4v) is 7.05. The molecule has 10 heteroatoms. The zero-order valence-corrected chi connectivity index (χ0v) is 25.6. The fourth-order valence-electron chi connectivity index (χ4n) is 3.60. The largest absolute Gasteiger partial charge is 0.444 e. The molecule has 0 radical (unpaired) electrons. The van der Waals surface area contributed by atoms with Gasteiger partial charge < -0.3 is 9.16 Å². The summed E-state index contributed by atoms with van der Waals surface area (Å²) in [6.45, 7) is 18.5. The van der Waals surface area contributed by atoms with Gasteiger partial charge in [-0.25, -0.2) is 13.2 Å². The van der Waals surface area contributed by atoms with Crippen molar-refractivity contribution >= 4 is 46.6 Å². The van der Waals surface area contributed by atoms with Crippen LogP contribution in [0, 0.1) is 0 Å². The van der Waals surface area contributed by atoms with Gasteiger partial charge in [0.25, 0.3) is 0 Å². The molecule has 7 nitrogen and oxygen atoms in total. The molecular weight excluding hydrogens is 516 g/mol. The predicted molar refractivity (Wildman–Crippen MR) is 149 cm³/mol. The molecule has 36 heavy (non-hydrogen) atoms. The highest BCUT2D eigenvalue weighted by atomic mass is 35.5. The first-order chi connectivity index (χ1) is 16.4. The molecule has 0 aliphatic heterocycles. The molecule has 0 aliphatic carbocycles. The molecule has 0 bridgehead atoms. The molecule has 0 fully saturated rings. The molecule has 0 aliphatic rings. The van der Waals surface area contributed by atoms with Crippen molar-refractivity contribution in [3.05, 3.63) is 35.6 Å². The van der Waals surface area contributed by atoms with E-state index in [4.69, 9.17) is 20.8 Å². The van der Waals surface area contributed by atoms with Crippen LogP contribution in [0.2, 0.25) is 23.2 Å². The summed E-state index contributed by atoms with van der Waals surface area (Å²) < 4.78 is 39.9. The zero-order valence-electron chi connectivity index (χ0n) is 23.0. The van der Waals surface area contributed by atoms with Crippen LogP contribution in [0.5, 0.6) is 0 Å². The number of halogens is 1. The number of fused-ring (bicyclic) bond motifs is 1. The van der Waals surface area contributed by atoms with E-state index in [0.717, 1.165) is 0 Å². The van der Waals surface area contributed by atoms with Crippen molar-refractivity contribution in [1.29, 1.82) is 0 Å². The highest BCUT2D eigenvalue weighted by molar-refractivity contribution is 7.92. The molecule has 1 aromatic heterocycles. The lowest BCUT2D eigenvalue weighted by molar-refractivity contribution is 0.0209. The summed E-state index contributed by atoms with van der Waals surface area (Å²) in [5.74, 6) is 0. The van der Waals surface area contributed by atoms with Gasteiger partial charge in [-0.15, -0.1) is 0 Å². The molecule has 1 amide bonds. The second-order valence-electron chi connectivity index (χ2n) is 11.5. The standard InChI is InChI=1S/C26H41ClN2O5SSi/c1-10-22(35(31,32)21-14-11-13-19-17-28-18-20(27)23(19)21)29(24(30)34-25(2,3)4)15-12-16-33-36(8,9)26(5,6)7/h11,13-14,17-18,22H,10,12,15-16H2,1-9H3. The summed E-state index contributed by atoms with van der Waals surface area (Å²) in [7, 11) is -5.99. The van der Waals surface area contributed by atoms with Gasteiger partial charge >= 0.3 is 6.09 Å². The average molecular weight is 557 g/mol. The number of aromatic nitrogens is 1. The van der Waals surface area contributed by atoms with Gasteiger partial charge in [-0.1, -0.05) is 51.4 Å². The molecule has 0 spiro atoms. The molecule has 1 aromatic carbocycles. The lowest BCUT2D eigenvalue weighted by atomic mass is 10.2. The van der Waals surface area contributed by atoms with Crippen LogP contribution in [0.15, 0.2) is 35.5 Å². The van der Waals surface area contributed by atoms with Gasteiger partial charge in [-0.05, 0) is 57.8 Å². The molecule has 202 valence electrons. The first-order valence-corrected chi connectivity index (χ1v) is 17.2. The van der Waals surface area contributed by atoms with Crippen LogP contribution in [-0.2, 0) is 19.0 Å². The van der Waals surface area contributed by atoms with E-state index in [9.17, 15) is 13.2 Å². The molecule has 1 unspecified atom stereocenters. The summed E-state index contributed by atoms with van der Waals surface area (Å²) in [6, 6.07) is 4.95. The van der Waals surface area contributed by atoms with Crippen molar-refractivity contribution in [3.8, 4) is 0 Å². The Balaban J connectivity index is 2.43. The summed E-state index contributed by atoms with van der Waals surface area (Å²) >= 11 is 6.38. The minimum absolute atomic E-state index is 0.0512. The normalized spacial score (nSPS) is 14.1. The van der Waals surface area contributed by atoms with E-state index in [1.807, 2.05) is 0 Å². The second kappa shape index (κ2) is 11.4. The fraction of sp³-hybridized carbons (Fsp3) is 0.615. The summed E-state index contributed by atoms with van der Waals surface area (Å²) in [6.07, 6.45) is 3.00. The van der Waals surface area contributed by atoms with Crippen LogP contribution in [0.4, 0.5) is 4.79 Å². The van der Waals surface area contributed by atoms with Crippen molar-refractivity contribution in [1.82, 2.24) is 9.88 Å². The van der Waals surface area contributed by atoms with Crippen LogP contribution < -0.4 is 0 Å². The van der Waals surface area contributed by atoms with E-state index in [-0.39, 0.29) is 27.9 Å². The Morgan fingerprint density at radius 1 is 1.14 bits per heavy atom. The molecule has 1 heterocycles. The van der Waals surface area contributed by atoms with Crippen LogP contribution in [0.1, 0.15) is 61.3 Å². The van der Waals surface area contributed by atoms with Crippen molar-refractivity contribution in [2.45, 2.75) is 95.3 Å². The van der Waals surface area contributed by atoms with Crippen molar-refractivity contribution in [2.24, 2.45) is 0 Å². The maximum atomic E-state index is 14.0. The molecular formula is C26H41ClN2O5SSi. The van der Waals surface area contributed by atoms with E-state index in [0.29, 0.717) is 23.8 Å². The maximum Gasteiger partial charge on any atom is 0.411 e. The number of benzene rings is 1. The summed E-state index contributed by atoms with van der Waals surface area (Å²) in [5, 5.41) is 0.182. The first-order valence-electron chi connectivity index (χ1n) is 12.3. The highest BCUT2D eigenvalue weighted by Gasteiger charge is 2.39. The van der Waals surface area contributed by atoms with Gasteiger partial charge in [0.15, 0.2) is 18.2 Å². The van der Waals surface area contributed by atoms with E-state index >= 15 is 0 Å². The third-order valence-corrected chi connectivity index (χ3v) is 13.6. The number of nitrogens with zero attached hydrogens (tertiary/aromatic N) is 2. The van der Waals surface area contributed by atoms with E-state index in [1.54, 1.807) is 46.0 Å². The minimum atomic E-state index is -4.01. The number of hydrogen-bond acceptors (Lipinski definition) is 6. The molecule has 1 atom stereocenters. The number of pyridine rings is 1. The Labute approximate surface area is 222 Å². The first kappa shape index (κ1) is 30.5. The Morgan fingerprint density at radius 3 is 2.33 bits per heavy atom. The SMILES string of the molecule is CCC(N(CCCO[Si](C)(C)C(C)(C)C)C(=O)OC(C)(C)C)S(=O)(=O)c1cccc2cncc(Cl)c12. The van der Waals surface area contributed by atoms with Crippen molar-refractivity contribution in [2.75, 3.05) is 13.2 Å². The second-order valence-corrected chi connectivity index (χ2v) is 18.8. The van der Waals surface area contributed by atoms with Crippen LogP contribution in [-0.4, -0.2) is 56.8 Å². The molecule has 2 rings (SSSR count). The van der Waals surface area contributed by atoms with Crippen LogP contribution in [0.25, 0.3) is 10.8 Å². The van der Waals surface area contributed by atoms with Crippen molar-refractivity contribution in [3.63, 3.8) is 0 Å². The number of carbonyl (C=O) groups is 1. The topological polar surface area (TPSA) is 85.8 Å². The number of carbonyl (C=O) groups excluding carboxylic acids is 1. The molecule has 0 saturated carbocycles. The van der Waals surface area contributed by atoms with Gasteiger partial charge in [0.05, 0.1) is 9.92 Å². The van der Waals surface area contributed by atoms with Gasteiger partial charge in [0.2, 0.25) is 0 Å². The Hall–Kier alpha value is -1.68. The minimum Gasteiger partial charge on any atom is -0.444 e. The number of rotatable bonds is 9. The molecule has 0 saturated heterocycles. The molecule has 2 aromatic rings. The monoisotopic (exact) mass is 556 g/mol. The zero-order chi connectivity index (χ0) is 27.5. The van der Waals surface area contributed by atoms with E-state index < -0.39 is 35.2 Å². The van der Waals surface area contributed by atoms with Gasteiger partial charge in [0.1, 0.15) is 11.0 Å². The third-order valence-electron chi connectivity index (χ3n) is 6.50. The number of sulfone groups is 1. The average Bonchev–Trinajstić information content (AvgIpc) is 2.73. The van der Waals surface area contributed by atoms with Crippen LogP contribution >= 0.6 is 11.6 Å². The Kier molecular flexibility index (Phi) is 9.65. The lowest BCUT2D eigenvalue weighted by Crippen LogP contribution is -2.48.